The van der Waals surface area contributed by atoms with Crippen LogP contribution in [0.15, 0.2) is 72.8 Å². The van der Waals surface area contributed by atoms with E-state index in [1.165, 1.54) is 0 Å². The molecule has 228 valence electrons. The van der Waals surface area contributed by atoms with Crippen LogP contribution in [-0.2, 0) is 32.1 Å². The molecule has 0 heterocycles. The van der Waals surface area contributed by atoms with Gasteiger partial charge in [0.1, 0.15) is 12.6 Å². The lowest BCUT2D eigenvalue weighted by atomic mass is 10.00. The van der Waals surface area contributed by atoms with E-state index in [1.807, 2.05) is 93.6 Å². The SMILES string of the molecule is Cc1cc(C)c(C(=O)OCC(=O)[C@@H](CCCCN)NC(=O)[C@@H](Cc2ccccc2)NC(=O)OCc2ccccc2)c(C)c1. The number of alkyl carbamates (subject to hydrolysis) is 1. The van der Waals surface area contributed by atoms with E-state index in [0.29, 0.717) is 31.4 Å². The molecule has 0 aliphatic heterocycles. The van der Waals surface area contributed by atoms with Crippen molar-refractivity contribution in [2.45, 2.75) is 65.1 Å². The third-order valence-corrected chi connectivity index (χ3v) is 6.98. The molecule has 0 saturated carbocycles. The standard InChI is InChI=1S/C34H41N3O6/c1-23-18-24(2)31(25(3)19-23)33(40)42-22-30(38)28(16-10-11-17-35)36-32(39)29(20-26-12-6-4-7-13-26)37-34(41)43-21-27-14-8-5-9-15-27/h4-9,12-15,18-19,28-29H,10-11,16-17,20-22,35H2,1-3H3,(H,36,39)(H,37,41)/t28-,29-/m1/s1. The predicted octanol–water partition coefficient (Wildman–Crippen LogP) is 4.49. The number of esters is 1. The zero-order chi connectivity index (χ0) is 31.2. The van der Waals surface area contributed by atoms with Gasteiger partial charge in [-0.05, 0) is 68.8 Å². The Balaban J connectivity index is 1.70. The van der Waals surface area contributed by atoms with Crippen LogP contribution < -0.4 is 16.4 Å². The molecule has 2 amide bonds. The van der Waals surface area contributed by atoms with E-state index >= 15 is 0 Å². The average Bonchev–Trinajstić information content (AvgIpc) is 2.98. The minimum atomic E-state index is -1.02. The Kier molecular flexibility index (Phi) is 12.9. The van der Waals surface area contributed by atoms with Gasteiger partial charge in [0.2, 0.25) is 5.91 Å². The molecule has 4 N–H and O–H groups in total. The second kappa shape index (κ2) is 16.8. The number of Topliss-reactive ketones (excluding diaryl/α,β-unsaturated/α-hetero) is 1. The molecule has 0 bridgehead atoms. The molecule has 0 unspecified atom stereocenters. The van der Waals surface area contributed by atoms with Crippen molar-refractivity contribution in [2.75, 3.05) is 13.2 Å². The van der Waals surface area contributed by atoms with Crippen LogP contribution in [0.2, 0.25) is 0 Å². The third-order valence-electron chi connectivity index (χ3n) is 6.98. The summed E-state index contributed by atoms with van der Waals surface area (Å²) >= 11 is 0. The van der Waals surface area contributed by atoms with Crippen molar-refractivity contribution in [3.8, 4) is 0 Å². The summed E-state index contributed by atoms with van der Waals surface area (Å²) < 4.78 is 10.7. The Hall–Kier alpha value is -4.50. The van der Waals surface area contributed by atoms with E-state index in [1.54, 1.807) is 0 Å². The fourth-order valence-corrected chi connectivity index (χ4v) is 4.86. The molecule has 0 aromatic heterocycles. The van der Waals surface area contributed by atoms with Gasteiger partial charge >= 0.3 is 12.1 Å². The zero-order valence-electron chi connectivity index (χ0n) is 25.1. The molecule has 0 saturated heterocycles. The summed E-state index contributed by atoms with van der Waals surface area (Å²) in [6.07, 6.45) is 0.950. The minimum absolute atomic E-state index is 0.0395. The Labute approximate surface area is 253 Å². The summed E-state index contributed by atoms with van der Waals surface area (Å²) in [5.74, 6) is -1.60. The number of rotatable bonds is 15. The van der Waals surface area contributed by atoms with Gasteiger partial charge in [-0.3, -0.25) is 9.59 Å². The van der Waals surface area contributed by atoms with Crippen LogP contribution >= 0.6 is 0 Å². The van der Waals surface area contributed by atoms with E-state index in [9.17, 15) is 19.2 Å². The molecule has 3 aromatic rings. The van der Waals surface area contributed by atoms with Crippen LogP contribution in [-0.4, -0.2) is 49.0 Å². The number of nitrogens with two attached hydrogens (primary N) is 1. The Bertz CT molecular complexity index is 1350. The van der Waals surface area contributed by atoms with Gasteiger partial charge < -0.3 is 25.8 Å². The largest absolute Gasteiger partial charge is 0.454 e. The highest BCUT2D eigenvalue weighted by atomic mass is 16.5. The summed E-state index contributed by atoms with van der Waals surface area (Å²) in [6, 6.07) is 20.2. The van der Waals surface area contributed by atoms with Crippen LogP contribution in [0.1, 0.15) is 57.4 Å². The van der Waals surface area contributed by atoms with E-state index in [2.05, 4.69) is 10.6 Å². The molecule has 2 atom stereocenters. The summed E-state index contributed by atoms with van der Waals surface area (Å²) in [6.45, 7) is 5.54. The molecule has 0 spiro atoms. The van der Waals surface area contributed by atoms with Gasteiger partial charge in [-0.2, -0.15) is 0 Å². The number of amides is 2. The number of hydrogen-bond acceptors (Lipinski definition) is 7. The minimum Gasteiger partial charge on any atom is -0.454 e. The topological polar surface area (TPSA) is 137 Å². The maximum Gasteiger partial charge on any atom is 0.408 e. The van der Waals surface area contributed by atoms with E-state index < -0.39 is 42.4 Å². The van der Waals surface area contributed by atoms with Crippen LogP contribution in [0.4, 0.5) is 4.79 Å². The molecule has 3 aromatic carbocycles. The second-order valence-electron chi connectivity index (χ2n) is 10.6. The summed E-state index contributed by atoms with van der Waals surface area (Å²) in [7, 11) is 0. The van der Waals surface area contributed by atoms with Crippen LogP contribution in [0.5, 0.6) is 0 Å². The van der Waals surface area contributed by atoms with Crippen molar-refractivity contribution < 1.29 is 28.7 Å². The highest BCUT2D eigenvalue weighted by Crippen LogP contribution is 2.18. The molecular formula is C34H41N3O6. The van der Waals surface area contributed by atoms with Gasteiger partial charge in [0.15, 0.2) is 12.4 Å². The van der Waals surface area contributed by atoms with Gasteiger partial charge in [-0.1, -0.05) is 78.4 Å². The first kappa shape index (κ1) is 33.0. The van der Waals surface area contributed by atoms with Crippen molar-refractivity contribution in [1.82, 2.24) is 10.6 Å². The van der Waals surface area contributed by atoms with Crippen LogP contribution in [0, 0.1) is 20.8 Å². The normalized spacial score (nSPS) is 12.1. The van der Waals surface area contributed by atoms with Crippen molar-refractivity contribution in [3.05, 3.63) is 106 Å². The number of unbranched alkanes of at least 4 members (excludes halogenated alkanes) is 1. The maximum absolute atomic E-state index is 13.5. The van der Waals surface area contributed by atoms with Crippen molar-refractivity contribution in [3.63, 3.8) is 0 Å². The number of carbonyl (C=O) groups is 4. The number of hydrogen-bond donors (Lipinski definition) is 3. The van der Waals surface area contributed by atoms with Crippen molar-refractivity contribution in [2.24, 2.45) is 5.73 Å². The van der Waals surface area contributed by atoms with Gasteiger partial charge in [-0.25, -0.2) is 9.59 Å². The van der Waals surface area contributed by atoms with Gasteiger partial charge in [0.05, 0.1) is 11.6 Å². The summed E-state index contributed by atoms with van der Waals surface area (Å²) in [5.41, 5.74) is 10.2. The average molecular weight is 588 g/mol. The number of aryl methyl sites for hydroxylation is 3. The number of ether oxygens (including phenoxy) is 2. The molecule has 0 aliphatic rings. The number of ketones is 1. The van der Waals surface area contributed by atoms with E-state index in [0.717, 1.165) is 27.8 Å². The van der Waals surface area contributed by atoms with Crippen LogP contribution in [0.25, 0.3) is 0 Å². The molecule has 0 radical (unpaired) electrons. The Morgan fingerprint density at radius 3 is 1.98 bits per heavy atom. The van der Waals surface area contributed by atoms with Gasteiger partial charge in [-0.15, -0.1) is 0 Å². The number of carbonyl (C=O) groups excluding carboxylic acids is 4. The lowest BCUT2D eigenvalue weighted by Gasteiger charge is -2.23. The number of benzene rings is 3. The molecule has 9 nitrogen and oxygen atoms in total. The number of nitrogens with one attached hydrogen (secondary N) is 2. The van der Waals surface area contributed by atoms with E-state index in [-0.39, 0.29) is 13.0 Å². The zero-order valence-corrected chi connectivity index (χ0v) is 25.1. The first-order chi connectivity index (χ1) is 20.7. The molecule has 9 heteroatoms. The van der Waals surface area contributed by atoms with Crippen molar-refractivity contribution >= 4 is 23.8 Å². The first-order valence-electron chi connectivity index (χ1n) is 14.5. The highest BCUT2D eigenvalue weighted by Gasteiger charge is 2.28. The summed E-state index contributed by atoms with van der Waals surface area (Å²) in [4.78, 5) is 52.3. The van der Waals surface area contributed by atoms with Crippen LogP contribution in [0.3, 0.4) is 0 Å². The third kappa shape index (κ3) is 10.7. The lowest BCUT2D eigenvalue weighted by Crippen LogP contribution is -2.53. The first-order valence-corrected chi connectivity index (χ1v) is 14.5. The monoisotopic (exact) mass is 587 g/mol. The highest BCUT2D eigenvalue weighted by molar-refractivity contribution is 5.96. The molecule has 0 aliphatic carbocycles. The Morgan fingerprint density at radius 1 is 0.767 bits per heavy atom. The fourth-order valence-electron chi connectivity index (χ4n) is 4.86. The second-order valence-corrected chi connectivity index (χ2v) is 10.6. The molecule has 3 rings (SSSR count). The Morgan fingerprint density at radius 2 is 1.37 bits per heavy atom. The van der Waals surface area contributed by atoms with Gasteiger partial charge in [0, 0.05) is 6.42 Å². The molecule has 43 heavy (non-hydrogen) atoms. The molecule has 0 fully saturated rings. The summed E-state index contributed by atoms with van der Waals surface area (Å²) in [5, 5.41) is 5.42. The predicted molar refractivity (Wildman–Crippen MR) is 164 cm³/mol. The van der Waals surface area contributed by atoms with E-state index in [4.69, 9.17) is 15.2 Å². The lowest BCUT2D eigenvalue weighted by molar-refractivity contribution is -0.130. The quantitative estimate of drug-likeness (QED) is 0.176. The smallest absolute Gasteiger partial charge is 0.408 e. The molecular weight excluding hydrogens is 546 g/mol. The van der Waals surface area contributed by atoms with Crippen molar-refractivity contribution in [1.29, 1.82) is 0 Å². The fraction of sp³-hybridized carbons (Fsp3) is 0.353. The van der Waals surface area contributed by atoms with Gasteiger partial charge in [0.25, 0.3) is 0 Å². The maximum atomic E-state index is 13.5.